The first-order valence-electron chi connectivity index (χ1n) is 9.22. The third-order valence-electron chi connectivity index (χ3n) is 5.13. The summed E-state index contributed by atoms with van der Waals surface area (Å²) >= 11 is 0. The van der Waals surface area contributed by atoms with Crippen LogP contribution in [0.1, 0.15) is 47.6 Å². The fourth-order valence-electron chi connectivity index (χ4n) is 3.66. The third-order valence-corrected chi connectivity index (χ3v) is 5.13. The monoisotopic (exact) mass is 349 g/mol. The molecule has 1 amide bonds. The maximum absolute atomic E-state index is 12.7. The lowest BCUT2D eigenvalue weighted by Gasteiger charge is -2.23. The van der Waals surface area contributed by atoms with E-state index < -0.39 is 0 Å². The van der Waals surface area contributed by atoms with Crippen LogP contribution in [-0.2, 0) is 16.1 Å². The van der Waals surface area contributed by atoms with Gasteiger partial charge in [-0.05, 0) is 43.4 Å². The minimum atomic E-state index is -0.154. The van der Waals surface area contributed by atoms with Gasteiger partial charge in [0.2, 0.25) is 5.91 Å². The quantitative estimate of drug-likeness (QED) is 0.922. The molecule has 0 bridgehead atoms. The van der Waals surface area contributed by atoms with Crippen LogP contribution < -0.4 is 5.32 Å². The highest BCUT2D eigenvalue weighted by Crippen LogP contribution is 2.30. The van der Waals surface area contributed by atoms with Crippen molar-refractivity contribution in [3.8, 4) is 0 Å². The Bertz CT molecular complexity index is 829. The van der Waals surface area contributed by atoms with Gasteiger partial charge in [-0.15, -0.1) is 0 Å². The molecule has 2 heterocycles. The van der Waals surface area contributed by atoms with E-state index >= 15 is 0 Å². The number of pyridine rings is 1. The molecule has 2 aromatic rings. The molecule has 1 aliphatic heterocycles. The molecule has 134 valence electrons. The molecule has 5 nitrogen and oxygen atoms in total. The number of nitrogens with zero attached hydrogens (tertiary/aromatic N) is 2. The van der Waals surface area contributed by atoms with Crippen molar-refractivity contribution in [2.45, 2.75) is 44.6 Å². The fourth-order valence-corrected chi connectivity index (χ4v) is 3.66. The van der Waals surface area contributed by atoms with Crippen LogP contribution >= 0.6 is 0 Å². The number of carbonyl (C=O) groups excluding carboxylic acids is 1. The van der Waals surface area contributed by atoms with Crippen LogP contribution in [0, 0.1) is 6.92 Å². The number of rotatable bonds is 4. The van der Waals surface area contributed by atoms with Crippen molar-refractivity contribution in [1.82, 2.24) is 10.3 Å². The summed E-state index contributed by atoms with van der Waals surface area (Å²) < 4.78 is 0. The SMILES string of the molecule is Cc1ccc(C2=NO[C@H](CNC(=O)[C@H]3CCCc4cccnc43)C2)cc1. The van der Waals surface area contributed by atoms with Gasteiger partial charge < -0.3 is 10.2 Å². The van der Waals surface area contributed by atoms with E-state index in [1.54, 1.807) is 6.20 Å². The lowest BCUT2D eigenvalue weighted by atomic mass is 9.86. The van der Waals surface area contributed by atoms with Crippen LogP contribution in [0.2, 0.25) is 0 Å². The van der Waals surface area contributed by atoms with Crippen molar-refractivity contribution >= 4 is 11.6 Å². The van der Waals surface area contributed by atoms with E-state index in [-0.39, 0.29) is 17.9 Å². The second-order valence-corrected chi connectivity index (χ2v) is 7.07. The van der Waals surface area contributed by atoms with Crippen molar-refractivity contribution in [3.63, 3.8) is 0 Å². The summed E-state index contributed by atoms with van der Waals surface area (Å²) in [5.41, 5.74) is 5.36. The number of amides is 1. The minimum Gasteiger partial charge on any atom is -0.390 e. The predicted octanol–water partition coefficient (Wildman–Crippen LogP) is 3.12. The molecule has 2 aliphatic rings. The second kappa shape index (κ2) is 7.28. The van der Waals surface area contributed by atoms with Crippen LogP contribution in [0.5, 0.6) is 0 Å². The Morgan fingerprint density at radius 1 is 1.27 bits per heavy atom. The molecule has 0 saturated carbocycles. The van der Waals surface area contributed by atoms with Crippen LogP contribution in [0.15, 0.2) is 47.8 Å². The number of benzene rings is 1. The van der Waals surface area contributed by atoms with Crippen LogP contribution in [-0.4, -0.2) is 29.3 Å². The molecule has 2 atom stereocenters. The Morgan fingerprint density at radius 2 is 2.12 bits per heavy atom. The number of aromatic nitrogens is 1. The Labute approximate surface area is 153 Å². The topological polar surface area (TPSA) is 63.6 Å². The van der Waals surface area contributed by atoms with Crippen molar-refractivity contribution in [1.29, 1.82) is 0 Å². The Morgan fingerprint density at radius 3 is 2.96 bits per heavy atom. The number of hydrogen-bond donors (Lipinski definition) is 1. The highest BCUT2D eigenvalue weighted by molar-refractivity contribution is 6.01. The molecule has 0 saturated heterocycles. The number of carbonyl (C=O) groups is 1. The van der Waals surface area contributed by atoms with Gasteiger partial charge in [0.1, 0.15) is 6.10 Å². The largest absolute Gasteiger partial charge is 0.390 e. The number of fused-ring (bicyclic) bond motifs is 1. The van der Waals surface area contributed by atoms with Gasteiger partial charge in [0, 0.05) is 12.6 Å². The van der Waals surface area contributed by atoms with E-state index in [1.165, 1.54) is 11.1 Å². The van der Waals surface area contributed by atoms with Crippen LogP contribution in [0.3, 0.4) is 0 Å². The maximum Gasteiger partial charge on any atom is 0.229 e. The summed E-state index contributed by atoms with van der Waals surface area (Å²) in [5, 5.41) is 7.24. The van der Waals surface area contributed by atoms with E-state index in [0.717, 1.165) is 36.2 Å². The minimum absolute atomic E-state index is 0.0389. The third kappa shape index (κ3) is 3.47. The van der Waals surface area contributed by atoms with Crippen molar-refractivity contribution in [3.05, 3.63) is 65.0 Å². The number of nitrogens with one attached hydrogen (secondary N) is 1. The average Bonchev–Trinajstić information content (AvgIpc) is 3.15. The van der Waals surface area contributed by atoms with Crippen LogP contribution in [0.4, 0.5) is 0 Å². The van der Waals surface area contributed by atoms with Crippen molar-refractivity contribution in [2.24, 2.45) is 5.16 Å². The van der Waals surface area contributed by atoms with Gasteiger partial charge in [-0.1, -0.05) is 41.1 Å². The van der Waals surface area contributed by atoms with Crippen LogP contribution in [0.25, 0.3) is 0 Å². The maximum atomic E-state index is 12.7. The summed E-state index contributed by atoms with van der Waals surface area (Å²) in [4.78, 5) is 22.6. The smallest absolute Gasteiger partial charge is 0.229 e. The average molecular weight is 349 g/mol. The van der Waals surface area contributed by atoms with Gasteiger partial charge in [0.15, 0.2) is 0 Å². The first-order chi connectivity index (χ1) is 12.7. The normalized spacial score (nSPS) is 21.5. The molecular weight excluding hydrogens is 326 g/mol. The van der Waals surface area contributed by atoms with E-state index in [9.17, 15) is 4.79 Å². The van der Waals surface area contributed by atoms with Crippen molar-refractivity contribution in [2.75, 3.05) is 6.54 Å². The second-order valence-electron chi connectivity index (χ2n) is 7.07. The zero-order chi connectivity index (χ0) is 17.9. The predicted molar refractivity (Wildman–Crippen MR) is 100 cm³/mol. The number of hydrogen-bond acceptors (Lipinski definition) is 4. The van der Waals surface area contributed by atoms with E-state index in [1.807, 2.05) is 6.07 Å². The summed E-state index contributed by atoms with van der Waals surface area (Å²) in [6.07, 6.45) is 5.26. The molecule has 1 aromatic carbocycles. The standard InChI is InChI=1S/C21H23N3O2/c1-14-7-9-15(10-8-14)19-12-17(26-24-19)13-23-21(25)18-6-2-4-16-5-3-11-22-20(16)18/h3,5,7-11,17-18H,2,4,6,12-13H2,1H3,(H,23,25)/t17-,18-/m0/s1. The first kappa shape index (κ1) is 16.8. The zero-order valence-electron chi connectivity index (χ0n) is 14.9. The Kier molecular flexibility index (Phi) is 4.69. The molecule has 1 aromatic heterocycles. The van der Waals surface area contributed by atoms with Gasteiger partial charge in [0.05, 0.1) is 23.9 Å². The molecular formula is C21H23N3O2. The molecule has 0 spiro atoms. The molecule has 26 heavy (non-hydrogen) atoms. The van der Waals surface area contributed by atoms with Gasteiger partial charge in [-0.3, -0.25) is 9.78 Å². The van der Waals surface area contributed by atoms with E-state index in [0.29, 0.717) is 13.0 Å². The molecule has 1 N–H and O–H groups in total. The number of aryl methyl sites for hydroxylation is 2. The Balaban J connectivity index is 1.33. The molecule has 0 radical (unpaired) electrons. The molecule has 0 fully saturated rings. The summed E-state index contributed by atoms with van der Waals surface area (Å²) in [5.74, 6) is -0.115. The van der Waals surface area contributed by atoms with Crippen molar-refractivity contribution < 1.29 is 9.63 Å². The highest BCUT2D eigenvalue weighted by Gasteiger charge is 2.29. The summed E-state index contributed by atoms with van der Waals surface area (Å²) in [6, 6.07) is 12.3. The summed E-state index contributed by atoms with van der Waals surface area (Å²) in [6.45, 7) is 2.53. The van der Waals surface area contributed by atoms with Gasteiger partial charge in [0.25, 0.3) is 0 Å². The first-order valence-corrected chi connectivity index (χ1v) is 9.22. The Hall–Kier alpha value is -2.69. The number of oxime groups is 1. The lowest BCUT2D eigenvalue weighted by Crippen LogP contribution is -2.37. The van der Waals surface area contributed by atoms with E-state index in [2.05, 4.69) is 52.7 Å². The molecule has 5 heteroatoms. The molecule has 1 aliphatic carbocycles. The summed E-state index contributed by atoms with van der Waals surface area (Å²) in [7, 11) is 0. The van der Waals surface area contributed by atoms with E-state index in [4.69, 9.17) is 4.84 Å². The van der Waals surface area contributed by atoms with Gasteiger partial charge in [-0.2, -0.15) is 0 Å². The molecule has 0 unspecified atom stereocenters. The molecule has 4 rings (SSSR count). The highest BCUT2D eigenvalue weighted by atomic mass is 16.6. The fraction of sp³-hybridized carbons (Fsp3) is 0.381. The van der Waals surface area contributed by atoms with Gasteiger partial charge in [-0.25, -0.2) is 0 Å². The zero-order valence-corrected chi connectivity index (χ0v) is 14.9. The van der Waals surface area contributed by atoms with Gasteiger partial charge >= 0.3 is 0 Å². The lowest BCUT2D eigenvalue weighted by molar-refractivity contribution is -0.123.